The van der Waals surface area contributed by atoms with Gasteiger partial charge in [0.2, 0.25) is 10.0 Å². The van der Waals surface area contributed by atoms with Crippen LogP contribution in [0.1, 0.15) is 11.6 Å². The second kappa shape index (κ2) is 6.85. The molecule has 0 bridgehead atoms. The first kappa shape index (κ1) is 15.7. The van der Waals surface area contributed by atoms with Gasteiger partial charge in [-0.1, -0.05) is 48.5 Å². The lowest BCUT2D eigenvalue weighted by atomic mass is 10.1. The number of sulfonamides is 1. The molecule has 0 saturated carbocycles. The fourth-order valence-electron chi connectivity index (χ4n) is 2.12. The molecule has 112 valence electrons. The average molecular weight is 304 g/mol. The van der Waals surface area contributed by atoms with E-state index in [1.54, 1.807) is 30.3 Å². The molecule has 2 rings (SSSR count). The van der Waals surface area contributed by atoms with E-state index >= 15 is 0 Å². The van der Waals surface area contributed by atoms with Gasteiger partial charge in [0.15, 0.2) is 0 Å². The van der Waals surface area contributed by atoms with Crippen molar-refractivity contribution in [2.45, 2.75) is 10.9 Å². The highest BCUT2D eigenvalue weighted by molar-refractivity contribution is 7.89. The molecule has 0 heterocycles. The van der Waals surface area contributed by atoms with Crippen molar-refractivity contribution in [1.82, 2.24) is 9.62 Å². The molecule has 4 nitrogen and oxygen atoms in total. The molecule has 0 fully saturated rings. The van der Waals surface area contributed by atoms with Crippen molar-refractivity contribution in [1.29, 1.82) is 0 Å². The lowest BCUT2D eigenvalue weighted by Gasteiger charge is -2.22. The first-order valence-electron chi connectivity index (χ1n) is 6.76. The maximum atomic E-state index is 12.5. The molecule has 2 aromatic rings. The van der Waals surface area contributed by atoms with Crippen molar-refractivity contribution < 1.29 is 8.42 Å². The molecular weight excluding hydrogens is 284 g/mol. The largest absolute Gasteiger partial charge is 0.307 e. The maximum absolute atomic E-state index is 12.5. The van der Waals surface area contributed by atoms with Crippen LogP contribution in [0.4, 0.5) is 0 Å². The van der Waals surface area contributed by atoms with E-state index in [9.17, 15) is 8.42 Å². The Labute approximate surface area is 126 Å². The van der Waals surface area contributed by atoms with E-state index in [0.29, 0.717) is 6.54 Å². The molecule has 0 aliphatic carbocycles. The molecule has 1 unspecified atom stereocenters. The molecule has 0 aliphatic rings. The van der Waals surface area contributed by atoms with Gasteiger partial charge in [-0.2, -0.15) is 0 Å². The Bertz CT molecular complexity index is 655. The van der Waals surface area contributed by atoms with E-state index in [-0.39, 0.29) is 10.9 Å². The minimum atomic E-state index is -3.53. The molecule has 2 aromatic carbocycles. The van der Waals surface area contributed by atoms with Crippen LogP contribution in [0.25, 0.3) is 0 Å². The Morgan fingerprint density at radius 2 is 1.48 bits per heavy atom. The highest BCUT2D eigenvalue weighted by atomic mass is 32.2. The van der Waals surface area contributed by atoms with Gasteiger partial charge in [-0.15, -0.1) is 0 Å². The van der Waals surface area contributed by atoms with E-state index in [1.807, 2.05) is 49.3 Å². The van der Waals surface area contributed by atoms with Crippen molar-refractivity contribution in [3.63, 3.8) is 0 Å². The van der Waals surface area contributed by atoms with Gasteiger partial charge >= 0.3 is 0 Å². The number of hydrogen-bond donors (Lipinski definition) is 1. The number of nitrogens with one attached hydrogen (secondary N) is 1. The predicted molar refractivity (Wildman–Crippen MR) is 84.5 cm³/mol. The second-order valence-electron chi connectivity index (χ2n) is 5.16. The molecule has 1 N–H and O–H groups in total. The first-order chi connectivity index (χ1) is 9.99. The first-order valence-corrected chi connectivity index (χ1v) is 8.24. The third kappa shape index (κ3) is 4.39. The van der Waals surface area contributed by atoms with Crippen LogP contribution >= 0.6 is 0 Å². The Kier molecular flexibility index (Phi) is 5.12. The van der Waals surface area contributed by atoms with Gasteiger partial charge < -0.3 is 4.90 Å². The summed E-state index contributed by atoms with van der Waals surface area (Å²) in [5.74, 6) is 0. The van der Waals surface area contributed by atoms with Crippen LogP contribution in [-0.4, -0.2) is 34.0 Å². The summed E-state index contributed by atoms with van der Waals surface area (Å²) >= 11 is 0. The summed E-state index contributed by atoms with van der Waals surface area (Å²) in [6.07, 6.45) is 0. The smallest absolute Gasteiger partial charge is 0.241 e. The van der Waals surface area contributed by atoms with Gasteiger partial charge in [0.1, 0.15) is 0 Å². The fourth-order valence-corrected chi connectivity index (χ4v) is 3.35. The molecule has 0 aromatic heterocycles. The Balaban J connectivity index is 2.27. The van der Waals surface area contributed by atoms with Crippen LogP contribution in [-0.2, 0) is 10.0 Å². The minimum Gasteiger partial charge on any atom is -0.307 e. The zero-order chi connectivity index (χ0) is 15.3. The summed E-state index contributed by atoms with van der Waals surface area (Å²) in [5.41, 5.74) is 0.950. The van der Waals surface area contributed by atoms with Crippen molar-refractivity contribution in [3.8, 4) is 0 Å². The number of benzene rings is 2. The third-order valence-corrected chi connectivity index (χ3v) is 4.59. The minimum absolute atomic E-state index is 0.282. The van der Waals surface area contributed by atoms with Gasteiger partial charge in [-0.25, -0.2) is 13.1 Å². The van der Waals surface area contributed by atoms with Crippen LogP contribution in [0, 0.1) is 0 Å². The van der Waals surface area contributed by atoms with Crippen molar-refractivity contribution in [3.05, 3.63) is 66.2 Å². The number of likely N-dealkylation sites (N-methyl/N-ethyl adjacent to an activating group) is 1. The van der Waals surface area contributed by atoms with E-state index in [0.717, 1.165) is 5.56 Å². The van der Waals surface area contributed by atoms with E-state index in [1.165, 1.54) is 0 Å². The molecule has 0 saturated heterocycles. The average Bonchev–Trinajstić information content (AvgIpc) is 2.48. The molecule has 21 heavy (non-hydrogen) atoms. The summed E-state index contributed by atoms with van der Waals surface area (Å²) in [4.78, 5) is 2.25. The predicted octanol–water partition coefficient (Wildman–Crippen LogP) is 2.27. The van der Waals surface area contributed by atoms with Crippen LogP contribution in [0.3, 0.4) is 0 Å². The molecule has 5 heteroatoms. The summed E-state index contributed by atoms with van der Waals surface area (Å²) in [6, 6.07) is 17.8. The van der Waals surface area contributed by atoms with Crippen LogP contribution in [0.15, 0.2) is 65.6 Å². The zero-order valence-electron chi connectivity index (χ0n) is 12.2. The van der Waals surface area contributed by atoms with E-state index < -0.39 is 10.0 Å². The Morgan fingerprint density at radius 1 is 0.952 bits per heavy atom. The van der Waals surface area contributed by atoms with Gasteiger partial charge in [-0.3, -0.25) is 0 Å². The monoisotopic (exact) mass is 304 g/mol. The van der Waals surface area contributed by atoms with Crippen molar-refractivity contribution in [2.24, 2.45) is 0 Å². The molecule has 0 aliphatic heterocycles. The summed E-state index contributed by atoms with van der Waals surface area (Å²) in [7, 11) is 0.317. The summed E-state index contributed by atoms with van der Waals surface area (Å²) in [6.45, 7) is 0.593. The van der Waals surface area contributed by atoms with E-state index in [4.69, 9.17) is 0 Å². The number of hydrogen-bond acceptors (Lipinski definition) is 3. The van der Waals surface area contributed by atoms with Crippen LogP contribution in [0.5, 0.6) is 0 Å². The highest BCUT2D eigenvalue weighted by Gasteiger charge is 2.21. The SMILES string of the molecule is CN(C)CC(NS(=O)(=O)c1ccccc1)c1ccccc1. The Hall–Kier alpha value is -1.69. The maximum Gasteiger partial charge on any atom is 0.241 e. The quantitative estimate of drug-likeness (QED) is 0.890. The topological polar surface area (TPSA) is 49.4 Å². The Morgan fingerprint density at radius 3 is 2.00 bits per heavy atom. The normalized spacial score (nSPS) is 13.3. The number of rotatable bonds is 6. The lowest BCUT2D eigenvalue weighted by molar-refractivity contribution is 0.363. The molecule has 0 radical (unpaired) electrons. The summed E-state index contributed by atoms with van der Waals surface area (Å²) < 4.78 is 27.7. The molecule has 0 amide bonds. The van der Waals surface area contributed by atoms with Crippen molar-refractivity contribution >= 4 is 10.0 Å². The van der Waals surface area contributed by atoms with Crippen molar-refractivity contribution in [2.75, 3.05) is 20.6 Å². The number of nitrogens with zero attached hydrogens (tertiary/aromatic N) is 1. The zero-order valence-corrected chi connectivity index (χ0v) is 13.0. The molecular formula is C16H20N2O2S. The molecule has 1 atom stereocenters. The fraction of sp³-hybridized carbons (Fsp3) is 0.250. The van der Waals surface area contributed by atoms with Crippen LogP contribution < -0.4 is 4.72 Å². The molecule has 0 spiro atoms. The lowest BCUT2D eigenvalue weighted by Crippen LogP contribution is -2.35. The van der Waals surface area contributed by atoms with Gasteiger partial charge in [-0.05, 0) is 31.8 Å². The van der Waals surface area contributed by atoms with E-state index in [2.05, 4.69) is 4.72 Å². The summed E-state index contributed by atoms with van der Waals surface area (Å²) in [5, 5.41) is 0. The third-order valence-electron chi connectivity index (χ3n) is 3.10. The van der Waals surface area contributed by atoms with Crippen LogP contribution in [0.2, 0.25) is 0 Å². The second-order valence-corrected chi connectivity index (χ2v) is 6.87. The van der Waals surface area contributed by atoms with Gasteiger partial charge in [0.05, 0.1) is 10.9 Å². The standard InChI is InChI=1S/C16H20N2O2S/c1-18(2)13-16(14-9-5-3-6-10-14)17-21(19,20)15-11-7-4-8-12-15/h3-12,16-17H,13H2,1-2H3. The highest BCUT2D eigenvalue weighted by Crippen LogP contribution is 2.17. The van der Waals surface area contributed by atoms with Gasteiger partial charge in [0, 0.05) is 6.54 Å². The van der Waals surface area contributed by atoms with Gasteiger partial charge in [0.25, 0.3) is 0 Å².